The number of benzene rings is 2. The van der Waals surface area contributed by atoms with Crippen molar-refractivity contribution in [1.29, 1.82) is 5.26 Å². The van der Waals surface area contributed by atoms with Crippen LogP contribution in [0.2, 0.25) is 0 Å². The molecule has 6 nitrogen and oxygen atoms in total. The number of methoxy groups -OCH3 is 1. The van der Waals surface area contributed by atoms with Crippen molar-refractivity contribution in [1.82, 2.24) is 4.57 Å². The molecule has 0 atom stereocenters. The van der Waals surface area contributed by atoms with Gasteiger partial charge in [-0.2, -0.15) is 5.26 Å². The first kappa shape index (κ1) is 21.1. The van der Waals surface area contributed by atoms with Crippen molar-refractivity contribution in [3.05, 3.63) is 48.0 Å². The Morgan fingerprint density at radius 1 is 1.17 bits per heavy atom. The molecule has 0 spiro atoms. The molecule has 1 heterocycles. The van der Waals surface area contributed by atoms with E-state index in [-0.39, 0.29) is 7.18 Å². The number of nitrogens with one attached hydrogen (secondary N) is 1. The molecule has 29 heavy (non-hydrogen) atoms. The number of nitrogens with zero attached hydrogens (tertiary/aromatic N) is 2. The molecule has 0 amide bonds. The predicted molar refractivity (Wildman–Crippen MR) is 123 cm³/mol. The molecule has 0 radical (unpaired) electrons. The minimum Gasteiger partial charge on any atom is -0.497 e. The Kier molecular flexibility index (Phi) is 6.38. The van der Waals surface area contributed by atoms with E-state index >= 15 is 0 Å². The lowest BCUT2D eigenvalue weighted by molar-refractivity contribution is 0.415. The molecular formula is C22H29N3O3S. The lowest BCUT2D eigenvalue weighted by Crippen LogP contribution is -2.12. The second-order valence-corrected chi connectivity index (χ2v) is 8.87. The van der Waals surface area contributed by atoms with Gasteiger partial charge in [0.05, 0.1) is 35.3 Å². The van der Waals surface area contributed by atoms with Crippen LogP contribution in [0.5, 0.6) is 5.75 Å². The SMILES string of the molecule is CCCn1c(-c2cccc(NS(O)(O)CCC)c2)c(C#N)c2ccc(OC)cc21.[HH]. The maximum Gasteiger partial charge on any atom is 0.120 e. The van der Waals surface area contributed by atoms with Gasteiger partial charge in [0.1, 0.15) is 11.8 Å². The van der Waals surface area contributed by atoms with Crippen LogP contribution in [0.4, 0.5) is 5.69 Å². The van der Waals surface area contributed by atoms with Gasteiger partial charge in [-0.05, 0) is 37.1 Å². The van der Waals surface area contributed by atoms with E-state index < -0.39 is 10.8 Å². The number of rotatable bonds is 8. The van der Waals surface area contributed by atoms with Crippen LogP contribution in [-0.2, 0) is 6.54 Å². The normalized spacial score (nSPS) is 12.0. The lowest BCUT2D eigenvalue weighted by atomic mass is 10.1. The highest BCUT2D eigenvalue weighted by molar-refractivity contribution is 8.25. The third-order valence-corrected chi connectivity index (χ3v) is 6.28. The molecule has 2 aromatic carbocycles. The minimum absolute atomic E-state index is 0. The number of aryl methyl sites for hydroxylation is 1. The van der Waals surface area contributed by atoms with E-state index in [2.05, 4.69) is 22.3 Å². The summed E-state index contributed by atoms with van der Waals surface area (Å²) in [5.74, 6) is 1.03. The fraction of sp³-hybridized carbons (Fsp3) is 0.318. The Balaban J connectivity index is 0.00000320. The molecular weight excluding hydrogens is 386 g/mol. The summed E-state index contributed by atoms with van der Waals surface area (Å²) in [6, 6.07) is 15.6. The zero-order valence-corrected chi connectivity index (χ0v) is 17.8. The summed E-state index contributed by atoms with van der Waals surface area (Å²) in [7, 11) is -1.26. The van der Waals surface area contributed by atoms with E-state index in [1.165, 1.54) is 0 Å². The van der Waals surface area contributed by atoms with Gasteiger partial charge in [-0.3, -0.25) is 13.8 Å². The molecule has 7 heteroatoms. The molecule has 0 saturated carbocycles. The van der Waals surface area contributed by atoms with Crippen molar-refractivity contribution in [2.24, 2.45) is 0 Å². The molecule has 3 N–H and O–H groups in total. The van der Waals surface area contributed by atoms with E-state index in [1.54, 1.807) is 13.2 Å². The van der Waals surface area contributed by atoms with E-state index in [9.17, 15) is 14.4 Å². The third kappa shape index (κ3) is 4.35. The van der Waals surface area contributed by atoms with Crippen LogP contribution in [-0.4, -0.2) is 26.5 Å². The maximum absolute atomic E-state index is 10.2. The van der Waals surface area contributed by atoms with Crippen molar-refractivity contribution in [2.45, 2.75) is 33.2 Å². The standard InChI is InChI=1S/C22H27N3O3S.H2/c1-4-11-25-21-14-18(28-3)9-10-19(21)20(15-23)22(25)16-7-6-8-17(13-16)24-29(26,27)12-5-2;/h6-10,13-14,24,26-27H,4-5,11-12H2,1-3H3;1H. The van der Waals surface area contributed by atoms with Crippen molar-refractivity contribution >= 4 is 27.4 Å². The Labute approximate surface area is 174 Å². The van der Waals surface area contributed by atoms with Gasteiger partial charge in [-0.25, -0.2) is 0 Å². The molecule has 0 aliphatic carbocycles. The minimum atomic E-state index is -2.89. The summed E-state index contributed by atoms with van der Waals surface area (Å²) >= 11 is 0. The fourth-order valence-electron chi connectivity index (χ4n) is 3.58. The highest BCUT2D eigenvalue weighted by atomic mass is 32.3. The molecule has 0 unspecified atom stereocenters. The van der Waals surface area contributed by atoms with E-state index in [0.717, 1.165) is 40.9 Å². The first-order valence-electron chi connectivity index (χ1n) is 9.68. The Morgan fingerprint density at radius 2 is 1.97 bits per heavy atom. The summed E-state index contributed by atoms with van der Waals surface area (Å²) in [5.41, 5.74) is 3.85. The van der Waals surface area contributed by atoms with Crippen LogP contribution in [0.15, 0.2) is 42.5 Å². The van der Waals surface area contributed by atoms with Crippen LogP contribution < -0.4 is 9.46 Å². The fourth-order valence-corrected chi connectivity index (χ4v) is 4.76. The number of aromatic nitrogens is 1. The van der Waals surface area contributed by atoms with Crippen LogP contribution in [0.1, 0.15) is 33.7 Å². The van der Waals surface area contributed by atoms with Crippen LogP contribution in [0.3, 0.4) is 0 Å². The predicted octanol–water partition coefficient (Wildman–Crippen LogP) is 6.33. The van der Waals surface area contributed by atoms with E-state index in [0.29, 0.717) is 17.7 Å². The number of nitriles is 1. The van der Waals surface area contributed by atoms with Crippen LogP contribution in [0, 0.1) is 11.3 Å². The maximum atomic E-state index is 10.2. The Bertz CT molecular complexity index is 1060. The molecule has 0 aliphatic heterocycles. The highest BCUT2D eigenvalue weighted by Gasteiger charge is 2.20. The second kappa shape index (κ2) is 8.78. The van der Waals surface area contributed by atoms with Gasteiger partial charge in [0.25, 0.3) is 0 Å². The average Bonchev–Trinajstić information content (AvgIpc) is 3.00. The smallest absolute Gasteiger partial charge is 0.120 e. The molecule has 0 saturated heterocycles. The summed E-state index contributed by atoms with van der Waals surface area (Å²) in [6.07, 6.45) is 1.58. The molecule has 3 rings (SSSR count). The van der Waals surface area contributed by atoms with Gasteiger partial charge >= 0.3 is 0 Å². The quantitative estimate of drug-likeness (QED) is 0.400. The zero-order chi connectivity index (χ0) is 21.0. The second-order valence-electron chi connectivity index (χ2n) is 6.92. The average molecular weight is 416 g/mol. The number of ether oxygens (including phenoxy) is 1. The Morgan fingerprint density at radius 3 is 2.62 bits per heavy atom. The van der Waals surface area contributed by atoms with Gasteiger partial charge < -0.3 is 9.30 Å². The first-order chi connectivity index (χ1) is 13.9. The summed E-state index contributed by atoms with van der Waals surface area (Å²) in [6.45, 7) is 4.76. The number of fused-ring (bicyclic) bond motifs is 1. The monoisotopic (exact) mass is 415 g/mol. The molecule has 0 aliphatic rings. The van der Waals surface area contributed by atoms with Gasteiger partial charge in [0, 0.05) is 25.0 Å². The van der Waals surface area contributed by atoms with Crippen molar-refractivity contribution < 1.29 is 15.3 Å². The van der Waals surface area contributed by atoms with Crippen LogP contribution >= 0.6 is 10.8 Å². The first-order valence-corrected chi connectivity index (χ1v) is 11.4. The van der Waals surface area contributed by atoms with E-state index in [1.807, 2.05) is 43.3 Å². The lowest BCUT2D eigenvalue weighted by Gasteiger charge is -2.33. The molecule has 156 valence electrons. The van der Waals surface area contributed by atoms with Crippen molar-refractivity contribution in [3.63, 3.8) is 0 Å². The summed E-state index contributed by atoms with van der Waals surface area (Å²) in [5, 5.41) is 10.8. The van der Waals surface area contributed by atoms with Gasteiger partial charge in [0.15, 0.2) is 0 Å². The topological polar surface area (TPSA) is 90.4 Å². The van der Waals surface area contributed by atoms with Crippen LogP contribution in [0.25, 0.3) is 22.2 Å². The number of anilines is 1. The van der Waals surface area contributed by atoms with Crippen molar-refractivity contribution in [3.8, 4) is 23.1 Å². The summed E-state index contributed by atoms with van der Waals surface area (Å²) < 4.78 is 30.8. The molecule has 3 aromatic rings. The molecule has 0 bridgehead atoms. The molecule has 0 fully saturated rings. The third-order valence-electron chi connectivity index (χ3n) is 4.74. The van der Waals surface area contributed by atoms with Gasteiger partial charge in [0.2, 0.25) is 0 Å². The zero-order valence-electron chi connectivity index (χ0n) is 17.0. The van der Waals surface area contributed by atoms with Gasteiger partial charge in [-0.1, -0.05) is 26.0 Å². The largest absolute Gasteiger partial charge is 0.497 e. The highest BCUT2D eigenvalue weighted by Crippen LogP contribution is 2.41. The number of hydrogen-bond acceptors (Lipinski definition) is 5. The van der Waals surface area contributed by atoms with E-state index in [4.69, 9.17) is 4.74 Å². The summed E-state index contributed by atoms with van der Waals surface area (Å²) in [4.78, 5) is 0. The van der Waals surface area contributed by atoms with Gasteiger partial charge in [-0.15, -0.1) is 10.8 Å². The van der Waals surface area contributed by atoms with Crippen molar-refractivity contribution in [2.75, 3.05) is 17.6 Å². The Hall–Kier alpha value is -2.66. The molecule has 1 aromatic heterocycles. The number of hydrogen-bond donors (Lipinski definition) is 3.